The highest BCUT2D eigenvalue weighted by atomic mass is 16.2. The van der Waals surface area contributed by atoms with Crippen molar-refractivity contribution in [2.75, 3.05) is 33.2 Å². The highest BCUT2D eigenvalue weighted by Crippen LogP contribution is 2.26. The summed E-state index contributed by atoms with van der Waals surface area (Å²) in [5, 5.41) is 0. The Morgan fingerprint density at radius 1 is 1.22 bits per heavy atom. The third-order valence-corrected chi connectivity index (χ3v) is 4.72. The molecule has 2 aliphatic heterocycles. The van der Waals surface area contributed by atoms with Crippen LogP contribution in [0.25, 0.3) is 0 Å². The van der Waals surface area contributed by atoms with Crippen LogP contribution in [-0.4, -0.2) is 71.2 Å². The van der Waals surface area contributed by atoms with Crippen molar-refractivity contribution in [3.8, 4) is 0 Å². The van der Waals surface area contributed by atoms with Crippen LogP contribution in [0.5, 0.6) is 0 Å². The molecule has 0 radical (unpaired) electrons. The lowest BCUT2D eigenvalue weighted by molar-refractivity contribution is -0.141. The van der Waals surface area contributed by atoms with Crippen molar-refractivity contribution in [3.05, 3.63) is 0 Å². The van der Waals surface area contributed by atoms with E-state index >= 15 is 0 Å². The summed E-state index contributed by atoms with van der Waals surface area (Å²) in [5.74, 6) is 0.372. The lowest BCUT2D eigenvalue weighted by atomic mass is 10.1. The van der Waals surface area contributed by atoms with Crippen molar-refractivity contribution in [1.82, 2.24) is 14.7 Å². The van der Waals surface area contributed by atoms with Crippen LogP contribution in [-0.2, 0) is 14.4 Å². The Morgan fingerprint density at radius 3 is 2.48 bits per heavy atom. The topological polar surface area (TPSA) is 60.9 Å². The lowest BCUT2D eigenvalue weighted by Crippen LogP contribution is -2.45. The molecule has 130 valence electrons. The number of likely N-dealkylation sites (N-methyl/N-ethyl adjacent to an activating group) is 1. The molecule has 2 heterocycles. The molecule has 0 N–H and O–H groups in total. The maximum absolute atomic E-state index is 12.3. The van der Waals surface area contributed by atoms with Crippen molar-refractivity contribution < 1.29 is 14.4 Å². The first-order chi connectivity index (χ1) is 10.7. The van der Waals surface area contributed by atoms with Crippen LogP contribution in [0, 0.1) is 5.92 Å². The first-order valence-corrected chi connectivity index (χ1v) is 8.50. The molecule has 0 saturated carbocycles. The van der Waals surface area contributed by atoms with Crippen molar-refractivity contribution >= 4 is 17.7 Å². The summed E-state index contributed by atoms with van der Waals surface area (Å²) in [6.45, 7) is 8.21. The van der Waals surface area contributed by atoms with E-state index < -0.39 is 0 Å². The standard InChI is InChI=1S/C17H29N3O3/c1-17(2,3)20-11-13(9-15(20)22)10-18(4)16(23)12-19-8-6-5-7-14(19)21/h13H,5-12H2,1-4H3. The first kappa shape index (κ1) is 17.8. The van der Waals surface area contributed by atoms with Gasteiger partial charge in [-0.1, -0.05) is 0 Å². The molecule has 0 spiro atoms. The zero-order valence-electron chi connectivity index (χ0n) is 14.8. The fourth-order valence-electron chi connectivity index (χ4n) is 3.35. The average Bonchev–Trinajstić information content (AvgIpc) is 2.82. The average molecular weight is 323 g/mol. The van der Waals surface area contributed by atoms with Crippen LogP contribution in [0.4, 0.5) is 0 Å². The highest BCUT2D eigenvalue weighted by molar-refractivity contribution is 5.85. The number of piperidine rings is 1. The van der Waals surface area contributed by atoms with E-state index in [1.807, 2.05) is 25.7 Å². The summed E-state index contributed by atoms with van der Waals surface area (Å²) in [5.41, 5.74) is -0.172. The van der Waals surface area contributed by atoms with E-state index in [9.17, 15) is 14.4 Å². The van der Waals surface area contributed by atoms with Gasteiger partial charge in [0.1, 0.15) is 0 Å². The second kappa shape index (κ2) is 6.89. The molecule has 2 aliphatic rings. The van der Waals surface area contributed by atoms with Gasteiger partial charge in [-0.2, -0.15) is 0 Å². The maximum atomic E-state index is 12.3. The highest BCUT2D eigenvalue weighted by Gasteiger charge is 2.37. The zero-order valence-corrected chi connectivity index (χ0v) is 14.8. The van der Waals surface area contributed by atoms with E-state index in [2.05, 4.69) is 0 Å². The van der Waals surface area contributed by atoms with Gasteiger partial charge in [-0.15, -0.1) is 0 Å². The Labute approximate surface area is 138 Å². The van der Waals surface area contributed by atoms with Gasteiger partial charge >= 0.3 is 0 Å². The van der Waals surface area contributed by atoms with Crippen LogP contribution in [0.1, 0.15) is 46.5 Å². The van der Waals surface area contributed by atoms with E-state index in [1.54, 1.807) is 16.8 Å². The summed E-state index contributed by atoms with van der Waals surface area (Å²) in [6, 6.07) is 0. The smallest absolute Gasteiger partial charge is 0.241 e. The molecule has 0 bridgehead atoms. The van der Waals surface area contributed by atoms with Crippen LogP contribution in [0.2, 0.25) is 0 Å². The summed E-state index contributed by atoms with van der Waals surface area (Å²) < 4.78 is 0. The van der Waals surface area contributed by atoms with Crippen molar-refractivity contribution in [2.24, 2.45) is 5.92 Å². The van der Waals surface area contributed by atoms with E-state index in [4.69, 9.17) is 0 Å². The summed E-state index contributed by atoms with van der Waals surface area (Å²) >= 11 is 0. The molecule has 2 rings (SSSR count). The van der Waals surface area contributed by atoms with Gasteiger partial charge in [0.25, 0.3) is 0 Å². The minimum Gasteiger partial charge on any atom is -0.344 e. The van der Waals surface area contributed by atoms with Gasteiger partial charge in [0.05, 0.1) is 6.54 Å². The molecular weight excluding hydrogens is 294 g/mol. The number of hydrogen-bond donors (Lipinski definition) is 0. The molecule has 23 heavy (non-hydrogen) atoms. The number of carbonyl (C=O) groups is 3. The number of hydrogen-bond acceptors (Lipinski definition) is 3. The minimum atomic E-state index is -0.172. The second-order valence-corrected chi connectivity index (χ2v) is 7.79. The number of amides is 3. The van der Waals surface area contributed by atoms with Crippen molar-refractivity contribution in [1.29, 1.82) is 0 Å². The fourth-order valence-corrected chi connectivity index (χ4v) is 3.35. The van der Waals surface area contributed by atoms with Gasteiger partial charge in [0.15, 0.2) is 0 Å². The molecule has 1 unspecified atom stereocenters. The molecule has 6 heteroatoms. The Bertz CT molecular complexity index is 484. The third kappa shape index (κ3) is 4.45. The molecular formula is C17H29N3O3. The SMILES string of the molecule is CN(CC1CC(=O)N(C(C)(C)C)C1)C(=O)CN1CCCCC1=O. The van der Waals surface area contributed by atoms with E-state index in [0.717, 1.165) is 12.8 Å². The molecule has 1 atom stereocenters. The van der Waals surface area contributed by atoms with Crippen LogP contribution >= 0.6 is 0 Å². The van der Waals surface area contributed by atoms with Gasteiger partial charge in [-0.05, 0) is 33.6 Å². The fraction of sp³-hybridized carbons (Fsp3) is 0.824. The minimum absolute atomic E-state index is 0.0399. The zero-order chi connectivity index (χ0) is 17.2. The Morgan fingerprint density at radius 2 is 1.91 bits per heavy atom. The van der Waals surface area contributed by atoms with Gasteiger partial charge in [-0.3, -0.25) is 14.4 Å². The summed E-state index contributed by atoms with van der Waals surface area (Å²) in [6.07, 6.45) is 2.94. The molecule has 3 amide bonds. The monoisotopic (exact) mass is 323 g/mol. The van der Waals surface area contributed by atoms with E-state index in [-0.39, 0.29) is 35.7 Å². The molecule has 6 nitrogen and oxygen atoms in total. The molecule has 0 aromatic carbocycles. The molecule has 2 fully saturated rings. The number of likely N-dealkylation sites (tertiary alicyclic amines) is 2. The predicted molar refractivity (Wildman–Crippen MR) is 87.6 cm³/mol. The molecule has 0 aromatic heterocycles. The molecule has 2 saturated heterocycles. The van der Waals surface area contributed by atoms with Crippen molar-refractivity contribution in [3.63, 3.8) is 0 Å². The maximum Gasteiger partial charge on any atom is 0.241 e. The Balaban J connectivity index is 1.84. The first-order valence-electron chi connectivity index (χ1n) is 8.50. The van der Waals surface area contributed by atoms with E-state index in [1.165, 1.54) is 0 Å². The molecule has 0 aliphatic carbocycles. The number of nitrogens with zero attached hydrogens (tertiary/aromatic N) is 3. The van der Waals surface area contributed by atoms with Gasteiger partial charge in [-0.25, -0.2) is 0 Å². The molecule has 0 aromatic rings. The lowest BCUT2D eigenvalue weighted by Gasteiger charge is -2.32. The Kier molecular flexibility index (Phi) is 5.32. The third-order valence-electron chi connectivity index (χ3n) is 4.72. The van der Waals surface area contributed by atoms with Gasteiger partial charge in [0.2, 0.25) is 17.7 Å². The van der Waals surface area contributed by atoms with Gasteiger partial charge < -0.3 is 14.7 Å². The summed E-state index contributed by atoms with van der Waals surface area (Å²) in [7, 11) is 1.76. The van der Waals surface area contributed by atoms with Gasteiger partial charge in [0, 0.05) is 51.0 Å². The van der Waals surface area contributed by atoms with E-state index in [0.29, 0.717) is 32.5 Å². The number of rotatable bonds is 4. The largest absolute Gasteiger partial charge is 0.344 e. The second-order valence-electron chi connectivity index (χ2n) is 7.79. The van der Waals surface area contributed by atoms with Crippen LogP contribution in [0.3, 0.4) is 0 Å². The van der Waals surface area contributed by atoms with Crippen molar-refractivity contribution in [2.45, 2.75) is 52.0 Å². The normalized spacial score (nSPS) is 22.7. The Hall–Kier alpha value is -1.59. The van der Waals surface area contributed by atoms with Crippen LogP contribution < -0.4 is 0 Å². The predicted octanol–water partition coefficient (Wildman–Crippen LogP) is 1.10. The quantitative estimate of drug-likeness (QED) is 0.778. The van der Waals surface area contributed by atoms with Crippen LogP contribution in [0.15, 0.2) is 0 Å². The summed E-state index contributed by atoms with van der Waals surface area (Å²) in [4.78, 5) is 41.5. The number of carbonyl (C=O) groups excluding carboxylic acids is 3.